The van der Waals surface area contributed by atoms with E-state index in [0.717, 1.165) is 23.5 Å². The maximum absolute atomic E-state index is 10.8. The number of rotatable bonds is 3. The number of aromatic nitrogens is 3. The Labute approximate surface area is 154 Å². The highest BCUT2D eigenvalue weighted by Crippen LogP contribution is 2.42. The first-order valence-electron chi connectivity index (χ1n) is 8.26. The predicted molar refractivity (Wildman–Crippen MR) is 97.4 cm³/mol. The molecule has 1 saturated heterocycles. The van der Waals surface area contributed by atoms with E-state index in [1.165, 1.54) is 15.9 Å². The first-order chi connectivity index (χ1) is 12.0. The summed E-state index contributed by atoms with van der Waals surface area (Å²) in [7, 11) is 0. The summed E-state index contributed by atoms with van der Waals surface area (Å²) in [6, 6.07) is 7.51. The predicted octanol–water partition coefficient (Wildman–Crippen LogP) is 3.00. The van der Waals surface area contributed by atoms with Gasteiger partial charge in [0.15, 0.2) is 0 Å². The van der Waals surface area contributed by atoms with Crippen LogP contribution in [0.4, 0.5) is 0 Å². The number of hydrogen-bond donors (Lipinski definition) is 2. The zero-order valence-corrected chi connectivity index (χ0v) is 15.3. The molecule has 0 bridgehead atoms. The topological polar surface area (TPSA) is 73.9 Å². The van der Waals surface area contributed by atoms with Crippen molar-refractivity contribution in [2.75, 3.05) is 13.1 Å². The third kappa shape index (κ3) is 3.01. The molecule has 0 radical (unpaired) electrons. The number of thiazole rings is 1. The minimum absolute atomic E-state index is 0.108. The number of halogens is 1. The summed E-state index contributed by atoms with van der Waals surface area (Å²) < 4.78 is 1.48. The van der Waals surface area contributed by atoms with Crippen molar-refractivity contribution >= 4 is 27.9 Å². The normalized spacial score (nSPS) is 18.0. The van der Waals surface area contributed by atoms with Crippen LogP contribution < -0.4 is 0 Å². The van der Waals surface area contributed by atoms with Gasteiger partial charge in [0.05, 0.1) is 17.0 Å². The summed E-state index contributed by atoms with van der Waals surface area (Å²) in [5, 5.41) is 25.5. The molecule has 1 aliphatic rings. The number of aryl methyl sites for hydroxylation is 1. The van der Waals surface area contributed by atoms with E-state index in [4.69, 9.17) is 11.6 Å². The van der Waals surface area contributed by atoms with Crippen molar-refractivity contribution in [2.45, 2.75) is 31.9 Å². The molecule has 4 rings (SSSR count). The lowest BCUT2D eigenvalue weighted by atomic mass is 9.99. The lowest BCUT2D eigenvalue weighted by Crippen LogP contribution is -2.38. The molecule has 1 unspecified atom stereocenters. The summed E-state index contributed by atoms with van der Waals surface area (Å²) in [5.74, 6) is 0.736. The van der Waals surface area contributed by atoms with Crippen molar-refractivity contribution in [2.24, 2.45) is 0 Å². The van der Waals surface area contributed by atoms with Crippen LogP contribution in [0.15, 0.2) is 24.3 Å². The van der Waals surface area contributed by atoms with Gasteiger partial charge in [-0.1, -0.05) is 41.1 Å². The number of aliphatic hydroxyl groups excluding tert-OH is 1. The second kappa shape index (κ2) is 6.57. The van der Waals surface area contributed by atoms with E-state index in [1.54, 1.807) is 6.92 Å². The van der Waals surface area contributed by atoms with Gasteiger partial charge in [-0.15, -0.1) is 5.10 Å². The van der Waals surface area contributed by atoms with Crippen LogP contribution in [0.5, 0.6) is 5.88 Å². The van der Waals surface area contributed by atoms with Crippen molar-refractivity contribution in [1.82, 2.24) is 19.5 Å². The van der Waals surface area contributed by atoms with Crippen LogP contribution >= 0.6 is 22.9 Å². The van der Waals surface area contributed by atoms with Gasteiger partial charge >= 0.3 is 0 Å². The van der Waals surface area contributed by atoms with Crippen molar-refractivity contribution in [3.05, 3.63) is 45.6 Å². The largest absolute Gasteiger partial charge is 0.492 e. The van der Waals surface area contributed by atoms with E-state index >= 15 is 0 Å². The molecule has 1 aromatic carbocycles. The fraction of sp³-hybridized carbons (Fsp3) is 0.412. The third-order valence-corrected chi connectivity index (χ3v) is 6.03. The van der Waals surface area contributed by atoms with E-state index in [0.29, 0.717) is 28.6 Å². The maximum Gasteiger partial charge on any atom is 0.230 e. The smallest absolute Gasteiger partial charge is 0.230 e. The maximum atomic E-state index is 10.8. The number of hydrogen-bond acceptors (Lipinski definition) is 6. The molecule has 0 spiro atoms. The highest BCUT2D eigenvalue weighted by atomic mass is 35.5. The molecule has 0 aliphatic carbocycles. The lowest BCUT2D eigenvalue weighted by Gasteiger charge is -2.36. The number of aliphatic hydroxyl groups is 1. The van der Waals surface area contributed by atoms with Crippen LogP contribution in [0.1, 0.15) is 35.1 Å². The number of nitrogens with zero attached hydrogens (tertiary/aromatic N) is 4. The van der Waals surface area contributed by atoms with E-state index in [1.807, 2.05) is 24.3 Å². The number of benzene rings is 1. The summed E-state index contributed by atoms with van der Waals surface area (Å²) in [6.07, 6.45) is 1.16. The Morgan fingerprint density at radius 3 is 2.68 bits per heavy atom. The van der Waals surface area contributed by atoms with Gasteiger partial charge in [0, 0.05) is 18.1 Å². The highest BCUT2D eigenvalue weighted by molar-refractivity contribution is 7.17. The van der Waals surface area contributed by atoms with Crippen LogP contribution in [0.3, 0.4) is 0 Å². The molecule has 1 fully saturated rings. The number of piperidine rings is 1. The Morgan fingerprint density at radius 1 is 1.28 bits per heavy atom. The van der Waals surface area contributed by atoms with Crippen LogP contribution in [-0.2, 0) is 0 Å². The number of fused-ring (bicyclic) bond motifs is 1. The van der Waals surface area contributed by atoms with Crippen molar-refractivity contribution in [3.8, 4) is 5.88 Å². The molecule has 25 heavy (non-hydrogen) atoms. The molecule has 1 aliphatic heterocycles. The average molecular weight is 379 g/mol. The molecule has 2 aromatic heterocycles. The van der Waals surface area contributed by atoms with Gasteiger partial charge in [-0.25, -0.2) is 4.98 Å². The summed E-state index contributed by atoms with van der Waals surface area (Å²) >= 11 is 7.90. The minimum atomic E-state index is -0.262. The van der Waals surface area contributed by atoms with E-state index in [-0.39, 0.29) is 18.0 Å². The molecule has 1 atom stereocenters. The first-order valence-corrected chi connectivity index (χ1v) is 9.45. The van der Waals surface area contributed by atoms with Crippen molar-refractivity contribution in [1.29, 1.82) is 0 Å². The van der Waals surface area contributed by atoms with Crippen LogP contribution in [-0.4, -0.2) is 48.9 Å². The molecular weight excluding hydrogens is 360 g/mol. The van der Waals surface area contributed by atoms with Gasteiger partial charge in [-0.05, 0) is 31.4 Å². The first kappa shape index (κ1) is 16.8. The molecular formula is C17H19ClN4O2S. The standard InChI is InChI=1S/C17H19ClN4O2S/c1-10-19-17-22(20-10)16(24)15(25-17)14(12-4-2-3-5-13(12)18)21-8-6-11(23)7-9-21/h2-5,11,14,23-24H,6-9H2,1H3. The van der Waals surface area contributed by atoms with Gasteiger partial charge in [0.25, 0.3) is 0 Å². The van der Waals surface area contributed by atoms with Crippen molar-refractivity contribution in [3.63, 3.8) is 0 Å². The Balaban J connectivity index is 1.83. The average Bonchev–Trinajstić information content (AvgIpc) is 3.09. The Morgan fingerprint density at radius 2 is 2.00 bits per heavy atom. The quantitative estimate of drug-likeness (QED) is 0.732. The summed E-state index contributed by atoms with van der Waals surface area (Å²) in [6.45, 7) is 3.28. The van der Waals surface area contributed by atoms with Gasteiger partial charge in [-0.3, -0.25) is 4.90 Å². The zero-order valence-electron chi connectivity index (χ0n) is 13.8. The van der Waals surface area contributed by atoms with Crippen molar-refractivity contribution < 1.29 is 10.2 Å². The van der Waals surface area contributed by atoms with E-state index in [9.17, 15) is 10.2 Å². The Hall–Kier alpha value is -1.67. The van der Waals surface area contributed by atoms with Crippen LogP contribution in [0.2, 0.25) is 5.02 Å². The molecule has 6 nitrogen and oxygen atoms in total. The van der Waals surface area contributed by atoms with E-state index in [2.05, 4.69) is 15.0 Å². The molecule has 8 heteroatoms. The lowest BCUT2D eigenvalue weighted by molar-refractivity contribution is 0.0690. The molecule has 0 amide bonds. The molecule has 3 heterocycles. The van der Waals surface area contributed by atoms with E-state index < -0.39 is 0 Å². The fourth-order valence-corrected chi connectivity index (χ4v) is 4.76. The molecule has 2 N–H and O–H groups in total. The van der Waals surface area contributed by atoms with Gasteiger partial charge in [-0.2, -0.15) is 4.52 Å². The summed E-state index contributed by atoms with van der Waals surface area (Å²) in [4.78, 5) is 8.07. The Kier molecular flexibility index (Phi) is 4.41. The Bertz CT molecular complexity index is 901. The van der Waals surface area contributed by atoms with Gasteiger partial charge in [0.2, 0.25) is 10.8 Å². The number of likely N-dealkylation sites (tertiary alicyclic amines) is 1. The fourth-order valence-electron chi connectivity index (χ4n) is 3.37. The third-order valence-electron chi connectivity index (χ3n) is 4.62. The van der Waals surface area contributed by atoms with Crippen LogP contribution in [0.25, 0.3) is 4.96 Å². The molecule has 3 aromatic rings. The molecule has 132 valence electrons. The number of aromatic hydroxyl groups is 1. The minimum Gasteiger partial charge on any atom is -0.492 e. The van der Waals surface area contributed by atoms with Gasteiger partial charge in [0.1, 0.15) is 5.82 Å². The molecule has 0 saturated carbocycles. The second-order valence-corrected chi connectivity index (χ2v) is 7.75. The van der Waals surface area contributed by atoms with Gasteiger partial charge < -0.3 is 10.2 Å². The zero-order chi connectivity index (χ0) is 17.6. The monoisotopic (exact) mass is 378 g/mol. The highest BCUT2D eigenvalue weighted by Gasteiger charge is 2.32. The van der Waals surface area contributed by atoms with Crippen LogP contribution in [0, 0.1) is 6.92 Å². The second-order valence-electron chi connectivity index (χ2n) is 6.33. The summed E-state index contributed by atoms with van der Waals surface area (Å²) in [5.41, 5.74) is 0.942. The SMILES string of the molecule is Cc1nc2sc(C(c3ccccc3Cl)N3CCC(O)CC3)c(O)n2n1.